The molecule has 9 heteroatoms. The predicted octanol–water partition coefficient (Wildman–Crippen LogP) is 2.52. The molecule has 122 valence electrons. The van der Waals surface area contributed by atoms with E-state index in [4.69, 9.17) is 13.9 Å². The maximum Gasteiger partial charge on any atom is 0.234 e. The largest absolute Gasteiger partial charge is 0.461 e. The maximum atomic E-state index is 12.0. The van der Waals surface area contributed by atoms with Gasteiger partial charge in [0, 0.05) is 11.8 Å². The number of benzene rings is 1. The number of carbonyl (C=O) groups is 1. The molecule has 0 aliphatic carbocycles. The number of aromatic nitrogens is 3. The van der Waals surface area contributed by atoms with Crippen molar-refractivity contribution in [3.8, 4) is 23.1 Å². The van der Waals surface area contributed by atoms with E-state index in [1.54, 1.807) is 36.6 Å². The first-order chi connectivity index (χ1) is 11.8. The number of ether oxygens (including phenoxy) is 2. The third-order valence-electron chi connectivity index (χ3n) is 3.21. The van der Waals surface area contributed by atoms with E-state index < -0.39 is 0 Å². The minimum atomic E-state index is -0.164. The van der Waals surface area contributed by atoms with Gasteiger partial charge in [0.1, 0.15) is 0 Å². The molecule has 1 aliphatic heterocycles. The van der Waals surface area contributed by atoms with Crippen LogP contribution >= 0.6 is 11.8 Å². The zero-order chi connectivity index (χ0) is 16.4. The fraction of sp³-hybridized carbons (Fsp3) is 0.133. The van der Waals surface area contributed by atoms with Crippen LogP contribution in [0.15, 0.2) is 46.2 Å². The Bertz CT molecular complexity index is 862. The first-order valence-electron chi connectivity index (χ1n) is 7.06. The Labute approximate surface area is 140 Å². The van der Waals surface area contributed by atoms with E-state index in [9.17, 15) is 4.79 Å². The van der Waals surface area contributed by atoms with Crippen LogP contribution in [0.4, 0.5) is 5.69 Å². The molecule has 0 spiro atoms. The number of carbonyl (C=O) groups excluding carboxylic acids is 1. The van der Waals surface area contributed by atoms with Crippen molar-refractivity contribution in [1.82, 2.24) is 15.2 Å². The molecule has 4 rings (SSSR count). The van der Waals surface area contributed by atoms with E-state index in [1.165, 1.54) is 11.8 Å². The number of amides is 1. The number of aromatic amines is 1. The second-order valence-electron chi connectivity index (χ2n) is 4.85. The molecule has 1 aromatic carbocycles. The van der Waals surface area contributed by atoms with Gasteiger partial charge >= 0.3 is 0 Å². The van der Waals surface area contributed by atoms with Crippen LogP contribution in [-0.4, -0.2) is 33.6 Å². The summed E-state index contributed by atoms with van der Waals surface area (Å²) in [4.78, 5) is 16.3. The van der Waals surface area contributed by atoms with Crippen LogP contribution in [0.2, 0.25) is 0 Å². The van der Waals surface area contributed by atoms with Gasteiger partial charge in [0.25, 0.3) is 0 Å². The molecule has 2 aromatic heterocycles. The van der Waals surface area contributed by atoms with Gasteiger partial charge in [-0.25, -0.2) is 0 Å². The van der Waals surface area contributed by atoms with Gasteiger partial charge in [0.2, 0.25) is 17.9 Å². The van der Waals surface area contributed by atoms with E-state index >= 15 is 0 Å². The highest BCUT2D eigenvalue weighted by Gasteiger charge is 2.15. The SMILES string of the molecule is O=C(CSc1n[nH]c(-c2ccco2)n1)Nc1ccc2c(c1)OCO2. The number of nitrogens with one attached hydrogen (secondary N) is 2. The van der Waals surface area contributed by atoms with Gasteiger partial charge in [-0.15, -0.1) is 5.10 Å². The molecule has 3 aromatic rings. The van der Waals surface area contributed by atoms with E-state index in [2.05, 4.69) is 20.5 Å². The summed E-state index contributed by atoms with van der Waals surface area (Å²) in [6.07, 6.45) is 1.56. The molecule has 8 nitrogen and oxygen atoms in total. The Hall–Kier alpha value is -2.94. The zero-order valence-electron chi connectivity index (χ0n) is 12.3. The lowest BCUT2D eigenvalue weighted by atomic mass is 10.3. The van der Waals surface area contributed by atoms with Crippen LogP contribution in [0, 0.1) is 0 Å². The third-order valence-corrected chi connectivity index (χ3v) is 4.06. The first-order valence-corrected chi connectivity index (χ1v) is 8.05. The number of fused-ring (bicyclic) bond motifs is 1. The van der Waals surface area contributed by atoms with Crippen molar-refractivity contribution in [2.24, 2.45) is 0 Å². The summed E-state index contributed by atoms with van der Waals surface area (Å²) >= 11 is 1.23. The van der Waals surface area contributed by atoms with Crippen molar-refractivity contribution in [3.05, 3.63) is 36.6 Å². The van der Waals surface area contributed by atoms with Crippen LogP contribution < -0.4 is 14.8 Å². The van der Waals surface area contributed by atoms with Crippen molar-refractivity contribution in [2.45, 2.75) is 5.16 Å². The molecule has 0 saturated heterocycles. The van der Waals surface area contributed by atoms with Crippen LogP contribution in [0.25, 0.3) is 11.6 Å². The van der Waals surface area contributed by atoms with E-state index in [1.807, 2.05) is 0 Å². The fourth-order valence-electron chi connectivity index (χ4n) is 2.14. The Morgan fingerprint density at radius 3 is 3.08 bits per heavy atom. The van der Waals surface area contributed by atoms with Crippen molar-refractivity contribution in [1.29, 1.82) is 0 Å². The smallest absolute Gasteiger partial charge is 0.234 e. The van der Waals surface area contributed by atoms with Gasteiger partial charge in [0.05, 0.1) is 12.0 Å². The Morgan fingerprint density at radius 2 is 2.21 bits per heavy atom. The highest BCUT2D eigenvalue weighted by atomic mass is 32.2. The topological polar surface area (TPSA) is 102 Å². The number of anilines is 1. The summed E-state index contributed by atoms with van der Waals surface area (Å²) in [5.41, 5.74) is 0.649. The Balaban J connectivity index is 1.33. The van der Waals surface area contributed by atoms with Gasteiger partial charge in [-0.1, -0.05) is 11.8 Å². The molecule has 0 saturated carbocycles. The van der Waals surface area contributed by atoms with Crippen LogP contribution in [0.3, 0.4) is 0 Å². The molecule has 0 atom stereocenters. The molecule has 0 fully saturated rings. The van der Waals surface area contributed by atoms with Crippen LogP contribution in [-0.2, 0) is 4.79 Å². The summed E-state index contributed by atoms with van der Waals surface area (Å²) in [7, 11) is 0. The summed E-state index contributed by atoms with van der Waals surface area (Å²) in [6, 6.07) is 8.80. The van der Waals surface area contributed by atoms with Gasteiger partial charge in [-0.05, 0) is 24.3 Å². The number of rotatable bonds is 5. The monoisotopic (exact) mass is 344 g/mol. The number of hydrogen-bond acceptors (Lipinski definition) is 7. The standard InChI is InChI=1S/C15H12N4O4S/c20-13(16-9-3-4-10-12(6-9)23-8-22-10)7-24-15-17-14(18-19-15)11-2-1-5-21-11/h1-6H,7-8H2,(H,16,20)(H,17,18,19). The fourth-order valence-corrected chi connectivity index (χ4v) is 2.73. The number of hydrogen-bond donors (Lipinski definition) is 2. The average Bonchev–Trinajstić information content (AvgIpc) is 3.32. The summed E-state index contributed by atoms with van der Waals surface area (Å²) in [6.45, 7) is 0.200. The molecule has 0 radical (unpaired) electrons. The normalized spacial score (nSPS) is 12.3. The molecular formula is C15H12N4O4S. The minimum absolute atomic E-state index is 0.164. The molecule has 0 bridgehead atoms. The average molecular weight is 344 g/mol. The number of nitrogens with zero attached hydrogens (tertiary/aromatic N) is 2. The number of thioether (sulfide) groups is 1. The second kappa shape index (κ2) is 6.28. The highest BCUT2D eigenvalue weighted by molar-refractivity contribution is 7.99. The second-order valence-corrected chi connectivity index (χ2v) is 5.79. The van der Waals surface area contributed by atoms with E-state index in [0.717, 1.165) is 0 Å². The van der Waals surface area contributed by atoms with Gasteiger partial charge in [-0.2, -0.15) is 4.98 Å². The number of furan rings is 1. The maximum absolute atomic E-state index is 12.0. The summed E-state index contributed by atoms with van der Waals surface area (Å²) < 4.78 is 15.7. The van der Waals surface area contributed by atoms with Crippen LogP contribution in [0.1, 0.15) is 0 Å². The predicted molar refractivity (Wildman–Crippen MR) is 86.0 cm³/mol. The summed E-state index contributed by atoms with van der Waals surface area (Å²) in [5, 5.41) is 10.1. The van der Waals surface area contributed by atoms with E-state index in [0.29, 0.717) is 33.9 Å². The molecule has 1 aliphatic rings. The molecular weight excluding hydrogens is 332 g/mol. The molecule has 0 unspecified atom stereocenters. The van der Waals surface area contributed by atoms with Crippen molar-refractivity contribution < 1.29 is 18.7 Å². The lowest BCUT2D eigenvalue weighted by Gasteiger charge is -2.05. The van der Waals surface area contributed by atoms with Gasteiger partial charge in [-0.3, -0.25) is 9.89 Å². The van der Waals surface area contributed by atoms with Crippen molar-refractivity contribution >= 4 is 23.4 Å². The number of H-pyrrole nitrogens is 1. The molecule has 24 heavy (non-hydrogen) atoms. The van der Waals surface area contributed by atoms with E-state index in [-0.39, 0.29) is 18.5 Å². The highest BCUT2D eigenvalue weighted by Crippen LogP contribution is 2.34. The Morgan fingerprint density at radius 1 is 1.29 bits per heavy atom. The van der Waals surface area contributed by atoms with Crippen molar-refractivity contribution in [3.63, 3.8) is 0 Å². The molecule has 3 heterocycles. The first kappa shape index (κ1) is 14.6. The van der Waals surface area contributed by atoms with Gasteiger partial charge in [0.15, 0.2) is 23.1 Å². The zero-order valence-corrected chi connectivity index (χ0v) is 13.1. The lowest BCUT2D eigenvalue weighted by molar-refractivity contribution is -0.113. The Kier molecular flexibility index (Phi) is 3.83. The third kappa shape index (κ3) is 3.06. The van der Waals surface area contributed by atoms with Gasteiger partial charge < -0.3 is 19.2 Å². The lowest BCUT2D eigenvalue weighted by Crippen LogP contribution is -2.14. The minimum Gasteiger partial charge on any atom is -0.461 e. The quantitative estimate of drug-likeness (QED) is 0.686. The molecule has 2 N–H and O–H groups in total. The molecule has 1 amide bonds. The summed E-state index contributed by atoms with van der Waals surface area (Å²) in [5.74, 6) is 2.44. The van der Waals surface area contributed by atoms with Crippen molar-refractivity contribution in [2.75, 3.05) is 17.9 Å². The van der Waals surface area contributed by atoms with Crippen LogP contribution in [0.5, 0.6) is 11.5 Å².